The smallest absolute Gasteiger partial charge is 0.257 e. The van der Waals surface area contributed by atoms with Gasteiger partial charge in [0.05, 0.1) is 5.54 Å². The summed E-state index contributed by atoms with van der Waals surface area (Å²) in [5, 5.41) is 6.81. The highest BCUT2D eigenvalue weighted by molar-refractivity contribution is 5.98. The highest BCUT2D eigenvalue weighted by Crippen LogP contribution is 2.25. The van der Waals surface area contributed by atoms with Crippen molar-refractivity contribution in [3.8, 4) is 11.5 Å². The predicted molar refractivity (Wildman–Crippen MR) is 90.0 cm³/mol. The number of hydrogen-bond donors (Lipinski definition) is 2. The molecular formula is C17H24N4O2. The van der Waals surface area contributed by atoms with Gasteiger partial charge in [-0.1, -0.05) is 31.5 Å². The van der Waals surface area contributed by atoms with E-state index in [4.69, 9.17) is 10.3 Å². The monoisotopic (exact) mass is 316 g/mol. The largest absolute Gasteiger partial charge is 0.334 e. The number of benzene rings is 1. The van der Waals surface area contributed by atoms with E-state index in [0.717, 1.165) is 17.5 Å². The molecule has 0 aliphatic rings. The van der Waals surface area contributed by atoms with Crippen LogP contribution in [-0.2, 0) is 11.2 Å². The molecule has 1 amide bonds. The molecule has 23 heavy (non-hydrogen) atoms. The lowest BCUT2D eigenvalue weighted by molar-refractivity contribution is -0.120. The third-order valence-corrected chi connectivity index (χ3v) is 3.81. The van der Waals surface area contributed by atoms with Crippen molar-refractivity contribution in [3.05, 3.63) is 29.6 Å². The molecule has 1 aromatic heterocycles. The molecule has 0 radical (unpaired) electrons. The van der Waals surface area contributed by atoms with E-state index in [-0.39, 0.29) is 5.91 Å². The van der Waals surface area contributed by atoms with E-state index in [1.807, 2.05) is 39.0 Å². The lowest BCUT2D eigenvalue weighted by Crippen LogP contribution is -2.48. The van der Waals surface area contributed by atoms with Gasteiger partial charge in [-0.2, -0.15) is 4.98 Å². The second-order valence-electron chi connectivity index (χ2n) is 6.02. The van der Waals surface area contributed by atoms with E-state index in [1.54, 1.807) is 6.92 Å². The van der Waals surface area contributed by atoms with Crippen LogP contribution in [0.15, 0.2) is 22.7 Å². The molecule has 0 bridgehead atoms. The number of carbonyl (C=O) groups excluding carboxylic acids is 1. The maximum atomic E-state index is 12.4. The Morgan fingerprint density at radius 2 is 2.13 bits per heavy atom. The van der Waals surface area contributed by atoms with Crippen molar-refractivity contribution >= 4 is 11.6 Å². The molecular weight excluding hydrogens is 292 g/mol. The minimum Gasteiger partial charge on any atom is -0.334 e. The van der Waals surface area contributed by atoms with Gasteiger partial charge < -0.3 is 15.6 Å². The van der Waals surface area contributed by atoms with Crippen molar-refractivity contribution in [1.29, 1.82) is 0 Å². The average Bonchev–Trinajstić information content (AvgIpc) is 2.98. The Labute approximate surface area is 136 Å². The van der Waals surface area contributed by atoms with Crippen molar-refractivity contribution in [3.63, 3.8) is 0 Å². The number of rotatable bonds is 6. The maximum absolute atomic E-state index is 12.4. The number of hydrogen-bond acceptors (Lipinski definition) is 5. The Kier molecular flexibility index (Phi) is 5.15. The van der Waals surface area contributed by atoms with Gasteiger partial charge in [0.1, 0.15) is 0 Å². The number of anilines is 1. The quantitative estimate of drug-likeness (QED) is 0.854. The summed E-state index contributed by atoms with van der Waals surface area (Å²) in [6.45, 7) is 7.64. The van der Waals surface area contributed by atoms with Crippen LogP contribution in [0.4, 0.5) is 5.69 Å². The van der Waals surface area contributed by atoms with Crippen molar-refractivity contribution in [2.45, 2.75) is 52.5 Å². The van der Waals surface area contributed by atoms with Crippen LogP contribution in [-0.4, -0.2) is 21.6 Å². The number of nitrogens with zero attached hydrogens (tertiary/aromatic N) is 2. The molecule has 2 rings (SSSR count). The highest BCUT2D eigenvalue weighted by Gasteiger charge is 2.27. The summed E-state index contributed by atoms with van der Waals surface area (Å²) >= 11 is 0. The fraction of sp³-hybridized carbons (Fsp3) is 0.471. The van der Waals surface area contributed by atoms with Crippen LogP contribution in [0, 0.1) is 6.92 Å². The number of amides is 1. The lowest BCUT2D eigenvalue weighted by atomic mass is 9.96. The van der Waals surface area contributed by atoms with E-state index in [9.17, 15) is 4.79 Å². The molecule has 124 valence electrons. The van der Waals surface area contributed by atoms with Crippen LogP contribution in [0.1, 0.15) is 45.0 Å². The average molecular weight is 316 g/mol. The van der Waals surface area contributed by atoms with Crippen LogP contribution in [0.3, 0.4) is 0 Å². The summed E-state index contributed by atoms with van der Waals surface area (Å²) in [4.78, 5) is 16.7. The van der Waals surface area contributed by atoms with Gasteiger partial charge in [-0.05, 0) is 38.0 Å². The second kappa shape index (κ2) is 6.91. The fourth-order valence-corrected chi connectivity index (χ4v) is 2.30. The van der Waals surface area contributed by atoms with E-state index >= 15 is 0 Å². The molecule has 2 aromatic rings. The number of carbonyl (C=O) groups is 1. The van der Waals surface area contributed by atoms with Crippen LogP contribution in [0.5, 0.6) is 0 Å². The number of aromatic nitrogens is 2. The van der Waals surface area contributed by atoms with E-state index in [1.165, 1.54) is 0 Å². The van der Waals surface area contributed by atoms with Crippen LogP contribution in [0.25, 0.3) is 11.5 Å². The molecule has 1 heterocycles. The number of nitrogens with two attached hydrogens (primary N) is 1. The summed E-state index contributed by atoms with van der Waals surface area (Å²) in [5.74, 6) is 0.907. The molecule has 0 aliphatic carbocycles. The topological polar surface area (TPSA) is 94.0 Å². The summed E-state index contributed by atoms with van der Waals surface area (Å²) in [6, 6.07) is 5.64. The highest BCUT2D eigenvalue weighted by atomic mass is 16.5. The zero-order valence-corrected chi connectivity index (χ0v) is 14.1. The summed E-state index contributed by atoms with van der Waals surface area (Å²) < 4.78 is 5.25. The molecule has 3 N–H and O–H groups in total. The molecule has 1 atom stereocenters. The first kappa shape index (κ1) is 17.1. The number of aryl methyl sites for hydroxylation is 2. The van der Waals surface area contributed by atoms with Crippen molar-refractivity contribution < 1.29 is 9.32 Å². The normalized spacial score (nSPS) is 13.6. The fourth-order valence-electron chi connectivity index (χ4n) is 2.30. The first-order valence-electron chi connectivity index (χ1n) is 7.91. The molecule has 0 saturated carbocycles. The molecule has 0 spiro atoms. The summed E-state index contributed by atoms with van der Waals surface area (Å²) in [5.41, 5.74) is 7.62. The minimum absolute atomic E-state index is 0.195. The van der Waals surface area contributed by atoms with Gasteiger partial charge in [-0.3, -0.25) is 4.79 Å². The lowest BCUT2D eigenvalue weighted by Gasteiger charge is -2.23. The summed E-state index contributed by atoms with van der Waals surface area (Å²) in [6.07, 6.45) is 2.18. The van der Waals surface area contributed by atoms with Crippen molar-refractivity contribution in [2.24, 2.45) is 5.73 Å². The predicted octanol–water partition coefficient (Wildman–Crippen LogP) is 3.06. The molecule has 0 saturated heterocycles. The third-order valence-electron chi connectivity index (χ3n) is 3.81. The Hall–Kier alpha value is -2.21. The van der Waals surface area contributed by atoms with Gasteiger partial charge >= 0.3 is 0 Å². The molecule has 1 aromatic carbocycles. The Morgan fingerprint density at radius 3 is 2.74 bits per heavy atom. The van der Waals surface area contributed by atoms with Crippen LogP contribution < -0.4 is 11.1 Å². The molecule has 6 nitrogen and oxygen atoms in total. The molecule has 0 fully saturated rings. The molecule has 1 unspecified atom stereocenters. The van der Waals surface area contributed by atoms with Crippen LogP contribution >= 0.6 is 0 Å². The van der Waals surface area contributed by atoms with Gasteiger partial charge in [0.2, 0.25) is 5.91 Å². The zero-order valence-electron chi connectivity index (χ0n) is 14.1. The van der Waals surface area contributed by atoms with Gasteiger partial charge in [0.15, 0.2) is 5.82 Å². The third kappa shape index (κ3) is 3.96. The Balaban J connectivity index is 2.25. The van der Waals surface area contributed by atoms with E-state index in [0.29, 0.717) is 30.2 Å². The van der Waals surface area contributed by atoms with Gasteiger partial charge in [0.25, 0.3) is 5.89 Å². The summed E-state index contributed by atoms with van der Waals surface area (Å²) in [7, 11) is 0. The first-order chi connectivity index (χ1) is 10.9. The van der Waals surface area contributed by atoms with E-state index < -0.39 is 5.54 Å². The van der Waals surface area contributed by atoms with Crippen molar-refractivity contribution in [2.75, 3.05) is 5.32 Å². The second-order valence-corrected chi connectivity index (χ2v) is 6.02. The minimum atomic E-state index is -0.892. The van der Waals surface area contributed by atoms with Crippen LogP contribution in [0.2, 0.25) is 0 Å². The maximum Gasteiger partial charge on any atom is 0.257 e. The SMILES string of the molecule is CCCC(C)(N)C(=O)Nc1cc(-c2nc(CC)no2)ccc1C. The van der Waals surface area contributed by atoms with E-state index in [2.05, 4.69) is 15.5 Å². The molecule has 6 heteroatoms. The Bertz CT molecular complexity index is 692. The van der Waals surface area contributed by atoms with Crippen molar-refractivity contribution in [1.82, 2.24) is 10.1 Å². The van der Waals surface area contributed by atoms with Gasteiger partial charge in [-0.25, -0.2) is 0 Å². The zero-order chi connectivity index (χ0) is 17.0. The molecule has 0 aliphatic heterocycles. The standard InChI is InChI=1S/C17H24N4O2/c1-5-9-17(4,18)16(22)19-13-10-12(8-7-11(13)3)15-20-14(6-2)21-23-15/h7-8,10H,5-6,9,18H2,1-4H3,(H,19,22). The Morgan fingerprint density at radius 1 is 1.39 bits per heavy atom. The van der Waals surface area contributed by atoms with Gasteiger partial charge in [-0.15, -0.1) is 0 Å². The first-order valence-corrected chi connectivity index (χ1v) is 7.91. The number of nitrogens with one attached hydrogen (secondary N) is 1. The van der Waals surface area contributed by atoms with Gasteiger partial charge in [0, 0.05) is 17.7 Å².